The number of rotatable bonds is 1. The SMILES string of the molecule is Cn1ncc2c(N3CCC(Cl)CC3)ncnc21. The van der Waals surface area contributed by atoms with Crippen LogP contribution < -0.4 is 4.90 Å². The largest absolute Gasteiger partial charge is 0.356 e. The highest BCUT2D eigenvalue weighted by atomic mass is 35.5. The second-order valence-corrected chi connectivity index (χ2v) is 4.98. The Morgan fingerprint density at radius 3 is 2.82 bits per heavy atom. The van der Waals surface area contributed by atoms with Crippen molar-refractivity contribution in [2.24, 2.45) is 7.05 Å². The molecule has 3 heterocycles. The molecule has 0 aliphatic carbocycles. The summed E-state index contributed by atoms with van der Waals surface area (Å²) in [6, 6.07) is 0. The quantitative estimate of drug-likeness (QED) is 0.722. The third-order valence-corrected chi connectivity index (χ3v) is 3.67. The Labute approximate surface area is 104 Å². The van der Waals surface area contributed by atoms with Gasteiger partial charge in [0.05, 0.1) is 11.6 Å². The molecule has 1 fully saturated rings. The van der Waals surface area contributed by atoms with Gasteiger partial charge >= 0.3 is 0 Å². The predicted molar refractivity (Wildman–Crippen MR) is 67.4 cm³/mol. The van der Waals surface area contributed by atoms with Crippen LogP contribution in [0.1, 0.15) is 12.8 Å². The van der Waals surface area contributed by atoms with Crippen LogP contribution in [0.25, 0.3) is 11.0 Å². The smallest absolute Gasteiger partial charge is 0.163 e. The molecule has 6 heteroatoms. The van der Waals surface area contributed by atoms with E-state index in [1.165, 1.54) is 0 Å². The fourth-order valence-corrected chi connectivity index (χ4v) is 2.46. The fourth-order valence-electron chi connectivity index (χ4n) is 2.26. The molecule has 90 valence electrons. The summed E-state index contributed by atoms with van der Waals surface area (Å²) in [5.41, 5.74) is 0.878. The number of hydrogen-bond acceptors (Lipinski definition) is 4. The first-order valence-electron chi connectivity index (χ1n) is 5.77. The van der Waals surface area contributed by atoms with Crippen LogP contribution in [0.4, 0.5) is 5.82 Å². The molecule has 1 aliphatic heterocycles. The molecule has 5 nitrogen and oxygen atoms in total. The number of halogens is 1. The number of aromatic nitrogens is 4. The second-order valence-electron chi connectivity index (χ2n) is 4.36. The number of alkyl halides is 1. The molecule has 0 atom stereocenters. The van der Waals surface area contributed by atoms with Crippen molar-refractivity contribution in [1.82, 2.24) is 19.7 Å². The number of aryl methyl sites for hydroxylation is 1. The maximum absolute atomic E-state index is 6.12. The van der Waals surface area contributed by atoms with Crippen molar-refractivity contribution in [1.29, 1.82) is 0 Å². The average molecular weight is 252 g/mol. The Balaban J connectivity index is 2.00. The van der Waals surface area contributed by atoms with Crippen LogP contribution in [0, 0.1) is 0 Å². The van der Waals surface area contributed by atoms with Gasteiger partial charge in [-0.2, -0.15) is 5.10 Å². The van der Waals surface area contributed by atoms with Gasteiger partial charge in [-0.1, -0.05) is 0 Å². The normalized spacial score (nSPS) is 17.9. The van der Waals surface area contributed by atoms with Crippen LogP contribution >= 0.6 is 11.6 Å². The lowest BCUT2D eigenvalue weighted by Crippen LogP contribution is -2.34. The maximum atomic E-state index is 6.12. The summed E-state index contributed by atoms with van der Waals surface area (Å²) in [6.07, 6.45) is 5.45. The summed E-state index contributed by atoms with van der Waals surface area (Å²) in [7, 11) is 1.89. The van der Waals surface area contributed by atoms with Crippen molar-refractivity contribution in [3.8, 4) is 0 Å². The standard InChI is InChI=1S/C11H14ClN5/c1-16-10-9(6-15-16)11(14-7-13-10)17-4-2-8(12)3-5-17/h6-8H,2-5H2,1H3. The topological polar surface area (TPSA) is 46.8 Å². The van der Waals surface area contributed by atoms with Gasteiger partial charge in [-0.25, -0.2) is 9.97 Å². The van der Waals surface area contributed by atoms with Crippen molar-refractivity contribution >= 4 is 28.5 Å². The van der Waals surface area contributed by atoms with Crippen LogP contribution in [0.5, 0.6) is 0 Å². The van der Waals surface area contributed by atoms with E-state index in [0.717, 1.165) is 42.8 Å². The third-order valence-electron chi connectivity index (χ3n) is 3.23. The zero-order valence-electron chi connectivity index (χ0n) is 9.67. The lowest BCUT2D eigenvalue weighted by molar-refractivity contribution is 0.581. The number of piperidine rings is 1. The monoisotopic (exact) mass is 251 g/mol. The number of hydrogen-bond donors (Lipinski definition) is 0. The van der Waals surface area contributed by atoms with Crippen LogP contribution in [0.15, 0.2) is 12.5 Å². The molecule has 17 heavy (non-hydrogen) atoms. The minimum Gasteiger partial charge on any atom is -0.356 e. The van der Waals surface area contributed by atoms with Crippen molar-refractivity contribution in [3.05, 3.63) is 12.5 Å². The second kappa shape index (κ2) is 4.14. The zero-order valence-corrected chi connectivity index (χ0v) is 10.4. The van der Waals surface area contributed by atoms with E-state index in [9.17, 15) is 0 Å². The Hall–Kier alpha value is -1.36. The van der Waals surface area contributed by atoms with E-state index in [1.807, 2.05) is 13.2 Å². The number of fused-ring (bicyclic) bond motifs is 1. The van der Waals surface area contributed by atoms with E-state index < -0.39 is 0 Å². The van der Waals surface area contributed by atoms with E-state index in [0.29, 0.717) is 5.38 Å². The first kappa shape index (κ1) is 10.8. The molecule has 1 saturated heterocycles. The van der Waals surface area contributed by atoms with E-state index >= 15 is 0 Å². The first-order valence-corrected chi connectivity index (χ1v) is 6.21. The lowest BCUT2D eigenvalue weighted by atomic mass is 10.1. The molecule has 0 spiro atoms. The highest BCUT2D eigenvalue weighted by Crippen LogP contribution is 2.26. The highest BCUT2D eigenvalue weighted by Gasteiger charge is 2.20. The van der Waals surface area contributed by atoms with Gasteiger partial charge in [0.1, 0.15) is 12.1 Å². The summed E-state index contributed by atoms with van der Waals surface area (Å²) < 4.78 is 1.77. The summed E-state index contributed by atoms with van der Waals surface area (Å²) in [5.74, 6) is 0.978. The number of nitrogens with zero attached hydrogens (tertiary/aromatic N) is 5. The van der Waals surface area contributed by atoms with Crippen molar-refractivity contribution < 1.29 is 0 Å². The van der Waals surface area contributed by atoms with Gasteiger partial charge < -0.3 is 4.90 Å². The molecule has 0 saturated carbocycles. The van der Waals surface area contributed by atoms with Crippen LogP contribution in [-0.4, -0.2) is 38.2 Å². The zero-order chi connectivity index (χ0) is 11.8. The fraction of sp³-hybridized carbons (Fsp3) is 0.545. The molecular formula is C11H14ClN5. The molecule has 1 aliphatic rings. The molecule has 2 aromatic heterocycles. The van der Waals surface area contributed by atoms with Gasteiger partial charge in [0.2, 0.25) is 0 Å². The minimum absolute atomic E-state index is 0.303. The van der Waals surface area contributed by atoms with E-state index in [2.05, 4.69) is 20.0 Å². The average Bonchev–Trinajstić information content (AvgIpc) is 2.73. The Morgan fingerprint density at radius 2 is 2.06 bits per heavy atom. The predicted octanol–water partition coefficient (Wildman–Crippen LogP) is 1.57. The summed E-state index contributed by atoms with van der Waals surface area (Å²) in [4.78, 5) is 10.9. The van der Waals surface area contributed by atoms with Gasteiger partial charge in [-0.3, -0.25) is 4.68 Å². The van der Waals surface area contributed by atoms with Crippen LogP contribution in [0.2, 0.25) is 0 Å². The van der Waals surface area contributed by atoms with E-state index in [1.54, 1.807) is 11.0 Å². The maximum Gasteiger partial charge on any atom is 0.163 e. The molecule has 2 aromatic rings. The van der Waals surface area contributed by atoms with Crippen LogP contribution in [0.3, 0.4) is 0 Å². The summed E-state index contributed by atoms with van der Waals surface area (Å²) in [5, 5.41) is 5.55. The van der Waals surface area contributed by atoms with Gasteiger partial charge in [0, 0.05) is 25.5 Å². The van der Waals surface area contributed by atoms with Gasteiger partial charge in [-0.05, 0) is 12.8 Å². The molecule has 0 aromatic carbocycles. The Morgan fingerprint density at radius 1 is 1.29 bits per heavy atom. The van der Waals surface area contributed by atoms with Crippen molar-refractivity contribution in [3.63, 3.8) is 0 Å². The molecule has 0 unspecified atom stereocenters. The molecule has 3 rings (SSSR count). The summed E-state index contributed by atoms with van der Waals surface area (Å²) >= 11 is 6.12. The van der Waals surface area contributed by atoms with Gasteiger partial charge in [-0.15, -0.1) is 11.6 Å². The van der Waals surface area contributed by atoms with Gasteiger partial charge in [0.25, 0.3) is 0 Å². The first-order chi connectivity index (χ1) is 8.25. The van der Waals surface area contributed by atoms with Gasteiger partial charge in [0.15, 0.2) is 5.65 Å². The van der Waals surface area contributed by atoms with Crippen molar-refractivity contribution in [2.45, 2.75) is 18.2 Å². The Kier molecular flexibility index (Phi) is 2.63. The molecular weight excluding hydrogens is 238 g/mol. The molecule has 0 amide bonds. The summed E-state index contributed by atoms with van der Waals surface area (Å²) in [6.45, 7) is 1.91. The Bertz CT molecular complexity index is 530. The van der Waals surface area contributed by atoms with E-state index in [4.69, 9.17) is 11.6 Å². The van der Waals surface area contributed by atoms with E-state index in [-0.39, 0.29) is 0 Å². The van der Waals surface area contributed by atoms with Crippen molar-refractivity contribution in [2.75, 3.05) is 18.0 Å². The highest BCUT2D eigenvalue weighted by molar-refractivity contribution is 6.20. The molecule has 0 radical (unpaired) electrons. The number of anilines is 1. The molecule has 0 bridgehead atoms. The lowest BCUT2D eigenvalue weighted by Gasteiger charge is -2.30. The third kappa shape index (κ3) is 1.84. The molecule has 0 N–H and O–H groups in total. The van der Waals surface area contributed by atoms with Crippen LogP contribution in [-0.2, 0) is 7.05 Å². The minimum atomic E-state index is 0.303.